The van der Waals surface area contributed by atoms with Gasteiger partial charge in [0.25, 0.3) is 0 Å². The van der Waals surface area contributed by atoms with Crippen LogP contribution in [0.5, 0.6) is 0 Å². The molecule has 1 aromatic heterocycles. The molecule has 5 heteroatoms. The molecule has 0 spiro atoms. The molecule has 0 N–H and O–H groups in total. The van der Waals surface area contributed by atoms with Crippen LogP contribution in [0.15, 0.2) is 12.5 Å². The lowest BCUT2D eigenvalue weighted by molar-refractivity contribution is 0.115. The molecule has 1 aliphatic heterocycles. The molecule has 1 aromatic rings. The van der Waals surface area contributed by atoms with E-state index in [-0.39, 0.29) is 0 Å². The van der Waals surface area contributed by atoms with Gasteiger partial charge in [-0.3, -0.25) is 0 Å². The van der Waals surface area contributed by atoms with Gasteiger partial charge in [-0.05, 0) is 19.8 Å². The molecule has 1 aliphatic rings. The van der Waals surface area contributed by atoms with E-state index in [4.69, 9.17) is 16.3 Å². The van der Waals surface area contributed by atoms with Crippen LogP contribution < -0.4 is 4.90 Å². The average Bonchev–Trinajstić information content (AvgIpc) is 2.80. The van der Waals surface area contributed by atoms with Gasteiger partial charge in [0.15, 0.2) is 5.82 Å². The van der Waals surface area contributed by atoms with Crippen LogP contribution in [0.2, 0.25) is 5.02 Å². The zero-order chi connectivity index (χ0) is 11.4. The zero-order valence-electron chi connectivity index (χ0n) is 9.40. The SMILES string of the molecule is CCN(CC1CCCO1)c1ncncc1Cl. The number of ether oxygens (including phenoxy) is 1. The molecule has 0 aromatic carbocycles. The number of aromatic nitrogens is 2. The first-order valence-electron chi connectivity index (χ1n) is 5.63. The van der Waals surface area contributed by atoms with E-state index in [0.717, 1.165) is 38.4 Å². The van der Waals surface area contributed by atoms with Gasteiger partial charge >= 0.3 is 0 Å². The smallest absolute Gasteiger partial charge is 0.150 e. The Morgan fingerprint density at radius 1 is 1.62 bits per heavy atom. The lowest BCUT2D eigenvalue weighted by Crippen LogP contribution is -2.32. The van der Waals surface area contributed by atoms with Gasteiger partial charge in [-0.1, -0.05) is 11.6 Å². The lowest BCUT2D eigenvalue weighted by Gasteiger charge is -2.25. The van der Waals surface area contributed by atoms with E-state index in [1.54, 1.807) is 6.20 Å². The maximum Gasteiger partial charge on any atom is 0.150 e. The minimum atomic E-state index is 0.311. The Hall–Kier alpha value is -0.870. The van der Waals surface area contributed by atoms with Crippen LogP contribution in [0.25, 0.3) is 0 Å². The third-order valence-corrected chi connectivity index (χ3v) is 3.04. The first kappa shape index (κ1) is 11.6. The minimum absolute atomic E-state index is 0.311. The Morgan fingerprint density at radius 3 is 3.12 bits per heavy atom. The highest BCUT2D eigenvalue weighted by molar-refractivity contribution is 6.32. The van der Waals surface area contributed by atoms with E-state index >= 15 is 0 Å². The normalized spacial score (nSPS) is 20.0. The van der Waals surface area contributed by atoms with Crippen molar-refractivity contribution in [3.63, 3.8) is 0 Å². The number of likely N-dealkylation sites (N-methyl/N-ethyl adjacent to an activating group) is 1. The summed E-state index contributed by atoms with van der Waals surface area (Å²) in [5.74, 6) is 0.801. The minimum Gasteiger partial charge on any atom is -0.376 e. The van der Waals surface area contributed by atoms with Crippen molar-refractivity contribution in [2.45, 2.75) is 25.9 Å². The number of rotatable bonds is 4. The lowest BCUT2D eigenvalue weighted by atomic mass is 10.2. The summed E-state index contributed by atoms with van der Waals surface area (Å²) in [4.78, 5) is 10.3. The van der Waals surface area contributed by atoms with Crippen LogP contribution in [-0.2, 0) is 4.74 Å². The monoisotopic (exact) mass is 241 g/mol. The van der Waals surface area contributed by atoms with Crippen LogP contribution in [-0.4, -0.2) is 35.8 Å². The van der Waals surface area contributed by atoms with E-state index in [1.165, 1.54) is 6.33 Å². The molecule has 1 unspecified atom stereocenters. The first-order chi connectivity index (χ1) is 7.81. The molecule has 0 radical (unpaired) electrons. The standard InChI is InChI=1S/C11H16ClN3O/c1-2-15(7-9-4-3-5-16-9)11-10(12)6-13-8-14-11/h6,8-9H,2-5,7H2,1H3. The van der Waals surface area contributed by atoms with Crippen molar-refractivity contribution in [1.29, 1.82) is 0 Å². The second kappa shape index (κ2) is 5.46. The Kier molecular flexibility index (Phi) is 3.96. The number of halogens is 1. The molecule has 1 fully saturated rings. The van der Waals surface area contributed by atoms with Crippen LogP contribution in [0, 0.1) is 0 Å². The Morgan fingerprint density at radius 2 is 2.50 bits per heavy atom. The van der Waals surface area contributed by atoms with Gasteiger partial charge in [0.1, 0.15) is 11.3 Å². The fraction of sp³-hybridized carbons (Fsp3) is 0.636. The zero-order valence-corrected chi connectivity index (χ0v) is 10.2. The maximum absolute atomic E-state index is 6.08. The maximum atomic E-state index is 6.08. The summed E-state index contributed by atoms with van der Waals surface area (Å²) in [6, 6.07) is 0. The molecular weight excluding hydrogens is 226 g/mol. The molecule has 88 valence electrons. The Balaban J connectivity index is 2.06. The fourth-order valence-electron chi connectivity index (χ4n) is 1.94. The summed E-state index contributed by atoms with van der Waals surface area (Å²) in [6.45, 7) is 4.69. The highest BCUT2D eigenvalue weighted by Crippen LogP contribution is 2.23. The van der Waals surface area contributed by atoms with E-state index in [1.807, 2.05) is 0 Å². The van der Waals surface area contributed by atoms with Crippen LogP contribution in [0.3, 0.4) is 0 Å². The van der Waals surface area contributed by atoms with Gasteiger partial charge in [0.2, 0.25) is 0 Å². The quantitative estimate of drug-likeness (QED) is 0.810. The van der Waals surface area contributed by atoms with E-state index in [0.29, 0.717) is 11.1 Å². The predicted octanol–water partition coefficient (Wildman–Crippen LogP) is 2.14. The summed E-state index contributed by atoms with van der Waals surface area (Å²) < 4.78 is 5.62. The molecule has 1 saturated heterocycles. The van der Waals surface area contributed by atoms with Crippen molar-refractivity contribution >= 4 is 17.4 Å². The van der Waals surface area contributed by atoms with Crippen molar-refractivity contribution in [2.75, 3.05) is 24.6 Å². The van der Waals surface area contributed by atoms with Gasteiger partial charge in [-0.15, -0.1) is 0 Å². The molecular formula is C11H16ClN3O. The van der Waals surface area contributed by atoms with Crippen molar-refractivity contribution in [3.05, 3.63) is 17.5 Å². The van der Waals surface area contributed by atoms with Gasteiger partial charge in [-0.2, -0.15) is 0 Å². The largest absolute Gasteiger partial charge is 0.376 e. The summed E-state index contributed by atoms with van der Waals surface area (Å²) >= 11 is 6.08. The van der Waals surface area contributed by atoms with Crippen molar-refractivity contribution in [1.82, 2.24) is 9.97 Å². The van der Waals surface area contributed by atoms with Gasteiger partial charge in [0.05, 0.1) is 12.3 Å². The second-order valence-electron chi connectivity index (χ2n) is 3.87. The predicted molar refractivity (Wildman–Crippen MR) is 63.9 cm³/mol. The van der Waals surface area contributed by atoms with E-state index in [9.17, 15) is 0 Å². The molecule has 0 bridgehead atoms. The van der Waals surface area contributed by atoms with Crippen LogP contribution in [0.1, 0.15) is 19.8 Å². The summed E-state index contributed by atoms with van der Waals surface area (Å²) in [7, 11) is 0. The molecule has 1 atom stereocenters. The van der Waals surface area contributed by atoms with Crippen LogP contribution >= 0.6 is 11.6 Å². The number of nitrogens with zero attached hydrogens (tertiary/aromatic N) is 3. The number of hydrogen-bond acceptors (Lipinski definition) is 4. The summed E-state index contributed by atoms with van der Waals surface area (Å²) in [5, 5.41) is 0.599. The van der Waals surface area contributed by atoms with Crippen molar-refractivity contribution in [3.8, 4) is 0 Å². The second-order valence-corrected chi connectivity index (χ2v) is 4.28. The first-order valence-corrected chi connectivity index (χ1v) is 6.01. The average molecular weight is 242 g/mol. The number of hydrogen-bond donors (Lipinski definition) is 0. The Labute approximate surface area is 101 Å². The van der Waals surface area contributed by atoms with Crippen molar-refractivity contribution < 1.29 is 4.74 Å². The van der Waals surface area contributed by atoms with Gasteiger partial charge < -0.3 is 9.64 Å². The molecule has 0 aliphatic carbocycles. The number of anilines is 1. The van der Waals surface area contributed by atoms with Gasteiger partial charge in [0, 0.05) is 19.7 Å². The molecule has 0 amide bonds. The molecule has 4 nitrogen and oxygen atoms in total. The summed E-state index contributed by atoms with van der Waals surface area (Å²) in [6.07, 6.45) is 5.74. The van der Waals surface area contributed by atoms with Gasteiger partial charge in [-0.25, -0.2) is 9.97 Å². The Bertz CT molecular complexity index is 342. The molecule has 16 heavy (non-hydrogen) atoms. The van der Waals surface area contributed by atoms with Crippen molar-refractivity contribution in [2.24, 2.45) is 0 Å². The highest BCUT2D eigenvalue weighted by Gasteiger charge is 2.20. The summed E-state index contributed by atoms with van der Waals surface area (Å²) in [5.41, 5.74) is 0. The molecule has 2 rings (SSSR count). The van der Waals surface area contributed by atoms with Crippen LogP contribution in [0.4, 0.5) is 5.82 Å². The topological polar surface area (TPSA) is 38.2 Å². The third-order valence-electron chi connectivity index (χ3n) is 2.78. The fourth-order valence-corrected chi connectivity index (χ4v) is 2.16. The molecule has 0 saturated carbocycles. The van der Waals surface area contributed by atoms with E-state index in [2.05, 4.69) is 21.8 Å². The highest BCUT2D eigenvalue weighted by atomic mass is 35.5. The molecule has 2 heterocycles. The van der Waals surface area contributed by atoms with E-state index < -0.39 is 0 Å². The third kappa shape index (κ3) is 2.62.